The summed E-state index contributed by atoms with van der Waals surface area (Å²) in [6.45, 7) is 1.33. The Bertz CT molecular complexity index is 393. The Kier molecular flexibility index (Phi) is 6.56. The summed E-state index contributed by atoms with van der Waals surface area (Å²) in [5.74, 6) is 0.0714. The molecule has 2 rings (SSSR count). The lowest BCUT2D eigenvalue weighted by Gasteiger charge is -2.30. The second kappa shape index (κ2) is 8.22. The Balaban J connectivity index is 1.66. The number of halogens is 3. The molecule has 0 aromatic heterocycles. The average molecular weight is 335 g/mol. The minimum Gasteiger partial charge on any atom is -0.393 e. The van der Waals surface area contributed by atoms with Gasteiger partial charge < -0.3 is 15.7 Å². The first-order chi connectivity index (χ1) is 10.9. The summed E-state index contributed by atoms with van der Waals surface area (Å²) in [6.07, 6.45) is 0.337. The normalized spacial score (nSPS) is 32.8. The molecule has 0 aromatic rings. The van der Waals surface area contributed by atoms with Crippen molar-refractivity contribution >= 4 is 5.96 Å². The fourth-order valence-corrected chi connectivity index (χ4v) is 3.64. The van der Waals surface area contributed by atoms with Gasteiger partial charge in [0.1, 0.15) is 0 Å². The molecule has 0 amide bonds. The van der Waals surface area contributed by atoms with Gasteiger partial charge in [-0.3, -0.25) is 4.99 Å². The number of alkyl halides is 3. The SMILES string of the molecule is CN=C(NCC1CCC(C(F)(F)F)CC1)NCC1CCCC1O. The van der Waals surface area contributed by atoms with E-state index < -0.39 is 12.1 Å². The van der Waals surface area contributed by atoms with E-state index in [2.05, 4.69) is 15.6 Å². The van der Waals surface area contributed by atoms with Crippen molar-refractivity contribution in [1.82, 2.24) is 10.6 Å². The van der Waals surface area contributed by atoms with E-state index >= 15 is 0 Å². The first kappa shape index (κ1) is 18.4. The molecule has 2 unspecified atom stereocenters. The molecule has 3 N–H and O–H groups in total. The van der Waals surface area contributed by atoms with Gasteiger partial charge in [0.05, 0.1) is 12.0 Å². The molecule has 23 heavy (non-hydrogen) atoms. The number of hydrogen-bond donors (Lipinski definition) is 3. The van der Waals surface area contributed by atoms with Crippen LogP contribution in [0.3, 0.4) is 0 Å². The summed E-state index contributed by atoms with van der Waals surface area (Å²) < 4.78 is 38.0. The van der Waals surface area contributed by atoms with Crippen LogP contribution in [0.25, 0.3) is 0 Å². The lowest BCUT2D eigenvalue weighted by Crippen LogP contribution is -2.43. The van der Waals surface area contributed by atoms with Gasteiger partial charge in [-0.25, -0.2) is 0 Å². The highest BCUT2D eigenvalue weighted by Gasteiger charge is 2.41. The van der Waals surface area contributed by atoms with E-state index in [9.17, 15) is 18.3 Å². The van der Waals surface area contributed by atoms with Gasteiger partial charge in [-0.05, 0) is 44.4 Å². The summed E-state index contributed by atoms with van der Waals surface area (Å²) in [4.78, 5) is 4.15. The number of rotatable bonds is 4. The van der Waals surface area contributed by atoms with Crippen molar-refractivity contribution in [2.75, 3.05) is 20.1 Å². The van der Waals surface area contributed by atoms with Crippen molar-refractivity contribution in [2.45, 2.75) is 57.2 Å². The lowest BCUT2D eigenvalue weighted by molar-refractivity contribution is -0.183. The van der Waals surface area contributed by atoms with Crippen LogP contribution in [0.2, 0.25) is 0 Å². The maximum absolute atomic E-state index is 12.7. The van der Waals surface area contributed by atoms with E-state index in [-0.39, 0.29) is 30.8 Å². The Morgan fingerprint density at radius 1 is 1.04 bits per heavy atom. The highest BCUT2D eigenvalue weighted by molar-refractivity contribution is 5.79. The van der Waals surface area contributed by atoms with Crippen molar-refractivity contribution in [3.63, 3.8) is 0 Å². The summed E-state index contributed by atoms with van der Waals surface area (Å²) in [7, 11) is 1.68. The van der Waals surface area contributed by atoms with Gasteiger partial charge >= 0.3 is 6.18 Å². The number of aliphatic hydroxyl groups is 1. The zero-order valence-electron chi connectivity index (χ0n) is 13.7. The Labute approximate surface area is 135 Å². The third-order valence-electron chi connectivity index (χ3n) is 5.24. The number of nitrogens with zero attached hydrogens (tertiary/aromatic N) is 1. The molecule has 4 nitrogen and oxygen atoms in total. The highest BCUT2D eigenvalue weighted by atomic mass is 19.4. The fourth-order valence-electron chi connectivity index (χ4n) is 3.64. The van der Waals surface area contributed by atoms with Gasteiger partial charge in [0, 0.05) is 26.1 Å². The summed E-state index contributed by atoms with van der Waals surface area (Å²) >= 11 is 0. The van der Waals surface area contributed by atoms with Crippen LogP contribution in [0, 0.1) is 17.8 Å². The quantitative estimate of drug-likeness (QED) is 0.547. The molecule has 0 radical (unpaired) electrons. The van der Waals surface area contributed by atoms with Crippen LogP contribution >= 0.6 is 0 Å². The van der Waals surface area contributed by atoms with Gasteiger partial charge in [-0.2, -0.15) is 13.2 Å². The molecule has 134 valence electrons. The van der Waals surface area contributed by atoms with Crippen LogP contribution in [0.1, 0.15) is 44.9 Å². The van der Waals surface area contributed by atoms with Crippen molar-refractivity contribution in [3.8, 4) is 0 Å². The molecule has 0 aliphatic heterocycles. The van der Waals surface area contributed by atoms with Crippen LogP contribution in [0.5, 0.6) is 0 Å². The van der Waals surface area contributed by atoms with Gasteiger partial charge in [-0.1, -0.05) is 6.42 Å². The second-order valence-electron chi connectivity index (χ2n) is 6.85. The smallest absolute Gasteiger partial charge is 0.391 e. The van der Waals surface area contributed by atoms with Crippen molar-refractivity contribution in [2.24, 2.45) is 22.7 Å². The number of guanidine groups is 1. The molecule has 2 aliphatic rings. The third-order valence-corrected chi connectivity index (χ3v) is 5.24. The molecule has 2 atom stereocenters. The predicted octanol–water partition coefficient (Wildman–Crippen LogP) is 2.68. The molecule has 2 saturated carbocycles. The second-order valence-corrected chi connectivity index (χ2v) is 6.85. The van der Waals surface area contributed by atoms with E-state index in [0.29, 0.717) is 31.9 Å². The Hall–Kier alpha value is -0.980. The van der Waals surface area contributed by atoms with Gasteiger partial charge in [0.2, 0.25) is 0 Å². The van der Waals surface area contributed by atoms with Crippen LogP contribution in [-0.4, -0.2) is 43.5 Å². The molecule has 0 bridgehead atoms. The van der Waals surface area contributed by atoms with Crippen molar-refractivity contribution in [1.29, 1.82) is 0 Å². The average Bonchev–Trinajstić information content (AvgIpc) is 2.92. The van der Waals surface area contributed by atoms with E-state index in [4.69, 9.17) is 0 Å². The monoisotopic (exact) mass is 335 g/mol. The summed E-state index contributed by atoms with van der Waals surface area (Å²) in [6, 6.07) is 0. The molecule has 0 spiro atoms. The van der Waals surface area contributed by atoms with Crippen LogP contribution in [0.4, 0.5) is 13.2 Å². The van der Waals surface area contributed by atoms with Gasteiger partial charge in [0.25, 0.3) is 0 Å². The van der Waals surface area contributed by atoms with E-state index in [1.54, 1.807) is 7.05 Å². The molecular weight excluding hydrogens is 307 g/mol. The fraction of sp³-hybridized carbons (Fsp3) is 0.938. The zero-order valence-corrected chi connectivity index (χ0v) is 13.7. The zero-order chi connectivity index (χ0) is 16.9. The molecule has 2 aliphatic carbocycles. The molecule has 0 heterocycles. The van der Waals surface area contributed by atoms with Crippen molar-refractivity contribution in [3.05, 3.63) is 0 Å². The lowest BCUT2D eigenvalue weighted by atomic mass is 9.81. The first-order valence-corrected chi connectivity index (χ1v) is 8.59. The predicted molar refractivity (Wildman–Crippen MR) is 84.2 cm³/mol. The van der Waals surface area contributed by atoms with E-state index in [1.165, 1.54) is 0 Å². The number of aliphatic imine (C=N–C) groups is 1. The maximum atomic E-state index is 12.7. The minimum absolute atomic E-state index is 0.232. The van der Waals surface area contributed by atoms with Gasteiger partial charge in [-0.15, -0.1) is 0 Å². The standard InChI is InChI=1S/C16H28F3N3O/c1-20-15(22-10-12-3-2-4-14(12)23)21-9-11-5-7-13(8-6-11)16(17,18)19/h11-14,23H,2-10H2,1H3,(H2,20,21,22). The van der Waals surface area contributed by atoms with Crippen LogP contribution in [0.15, 0.2) is 4.99 Å². The molecule has 0 saturated heterocycles. The van der Waals surface area contributed by atoms with Crippen LogP contribution in [-0.2, 0) is 0 Å². The maximum Gasteiger partial charge on any atom is 0.391 e. The van der Waals surface area contributed by atoms with Gasteiger partial charge in [0.15, 0.2) is 5.96 Å². The highest BCUT2D eigenvalue weighted by Crippen LogP contribution is 2.39. The van der Waals surface area contributed by atoms with Crippen molar-refractivity contribution < 1.29 is 18.3 Å². The molecule has 7 heteroatoms. The topological polar surface area (TPSA) is 56.7 Å². The summed E-state index contributed by atoms with van der Waals surface area (Å²) in [5.41, 5.74) is 0. The molecule has 0 aromatic carbocycles. The number of nitrogens with one attached hydrogen (secondary N) is 2. The Morgan fingerprint density at radius 3 is 2.22 bits per heavy atom. The van der Waals surface area contributed by atoms with E-state index in [1.807, 2.05) is 0 Å². The molecule has 2 fully saturated rings. The minimum atomic E-state index is -4.04. The summed E-state index contributed by atoms with van der Waals surface area (Å²) in [5, 5.41) is 16.2. The largest absolute Gasteiger partial charge is 0.393 e. The third kappa shape index (κ3) is 5.55. The number of aliphatic hydroxyl groups excluding tert-OH is 1. The Morgan fingerprint density at radius 2 is 1.70 bits per heavy atom. The van der Waals surface area contributed by atoms with E-state index in [0.717, 1.165) is 19.3 Å². The van der Waals surface area contributed by atoms with Crippen LogP contribution < -0.4 is 10.6 Å². The molecular formula is C16H28F3N3O. The number of hydrogen-bond acceptors (Lipinski definition) is 2. The first-order valence-electron chi connectivity index (χ1n) is 8.59.